The summed E-state index contributed by atoms with van der Waals surface area (Å²) in [4.78, 5) is 12.4. The molecule has 1 aromatic rings. The van der Waals surface area contributed by atoms with Gasteiger partial charge in [0.2, 0.25) is 0 Å². The molecule has 20 heavy (non-hydrogen) atoms. The fraction of sp³-hybridized carbons (Fsp3) is 0.692. The van der Waals surface area contributed by atoms with E-state index in [4.69, 9.17) is 0 Å². The number of carbonyl (C=O) groups is 1. The van der Waals surface area contributed by atoms with E-state index < -0.39 is 9.84 Å². The SMILES string of the molecule is Cc1[nH]nc(C(C)C)c1C(=O)N[C@@H]1CS(=O)(=O)C[C@@H]1C. The Labute approximate surface area is 119 Å². The second-order valence-electron chi connectivity index (χ2n) is 5.90. The van der Waals surface area contributed by atoms with Gasteiger partial charge in [-0.25, -0.2) is 8.42 Å². The molecule has 0 radical (unpaired) electrons. The van der Waals surface area contributed by atoms with Gasteiger partial charge in [-0.3, -0.25) is 9.89 Å². The van der Waals surface area contributed by atoms with Crippen LogP contribution >= 0.6 is 0 Å². The van der Waals surface area contributed by atoms with Crippen LogP contribution in [-0.2, 0) is 9.84 Å². The molecule has 1 saturated heterocycles. The molecule has 0 aromatic carbocycles. The Kier molecular flexibility index (Phi) is 3.90. The van der Waals surface area contributed by atoms with Crippen molar-refractivity contribution in [3.8, 4) is 0 Å². The maximum atomic E-state index is 12.4. The van der Waals surface area contributed by atoms with Crippen LogP contribution in [0.25, 0.3) is 0 Å². The molecule has 1 aromatic heterocycles. The van der Waals surface area contributed by atoms with Gasteiger partial charge in [0.15, 0.2) is 9.84 Å². The van der Waals surface area contributed by atoms with E-state index in [9.17, 15) is 13.2 Å². The normalized spacial score (nSPS) is 25.1. The molecule has 6 nitrogen and oxygen atoms in total. The maximum absolute atomic E-state index is 12.4. The fourth-order valence-electron chi connectivity index (χ4n) is 2.60. The van der Waals surface area contributed by atoms with Crippen LogP contribution in [0.3, 0.4) is 0 Å². The number of aromatic amines is 1. The number of aromatic nitrogens is 2. The summed E-state index contributed by atoms with van der Waals surface area (Å²) >= 11 is 0. The molecule has 2 N–H and O–H groups in total. The zero-order chi connectivity index (χ0) is 15.1. The Morgan fingerprint density at radius 1 is 1.40 bits per heavy atom. The standard InChI is InChI=1S/C13H21N3O3S/c1-7(2)12-11(9(4)15-16-12)13(17)14-10-6-20(18,19)5-8(10)3/h7-8,10H,5-6H2,1-4H3,(H,14,17)(H,15,16)/t8-,10+/m0/s1. The van der Waals surface area contributed by atoms with Gasteiger partial charge in [-0.05, 0) is 18.8 Å². The first-order chi connectivity index (χ1) is 9.21. The molecule has 1 fully saturated rings. The number of H-pyrrole nitrogens is 1. The van der Waals surface area contributed by atoms with Gasteiger partial charge < -0.3 is 5.32 Å². The van der Waals surface area contributed by atoms with E-state index in [-0.39, 0.29) is 35.3 Å². The maximum Gasteiger partial charge on any atom is 0.255 e. The Morgan fingerprint density at radius 2 is 2.05 bits per heavy atom. The molecule has 1 aliphatic heterocycles. The summed E-state index contributed by atoms with van der Waals surface area (Å²) in [5.74, 6) is -0.00863. The van der Waals surface area contributed by atoms with Gasteiger partial charge in [0, 0.05) is 11.7 Å². The van der Waals surface area contributed by atoms with Gasteiger partial charge >= 0.3 is 0 Å². The third-order valence-electron chi connectivity index (χ3n) is 3.70. The summed E-state index contributed by atoms with van der Waals surface area (Å²) in [6, 6.07) is -0.318. The largest absolute Gasteiger partial charge is 0.348 e. The smallest absolute Gasteiger partial charge is 0.255 e. The van der Waals surface area contributed by atoms with Gasteiger partial charge in [-0.15, -0.1) is 0 Å². The van der Waals surface area contributed by atoms with Crippen molar-refractivity contribution >= 4 is 15.7 Å². The van der Waals surface area contributed by atoms with Crippen LogP contribution in [0.2, 0.25) is 0 Å². The molecule has 0 spiro atoms. The van der Waals surface area contributed by atoms with Crippen LogP contribution in [0.15, 0.2) is 0 Å². The molecule has 0 bridgehead atoms. The first kappa shape index (κ1) is 15.0. The molecule has 2 rings (SSSR count). The average molecular weight is 299 g/mol. The summed E-state index contributed by atoms with van der Waals surface area (Å²) in [5.41, 5.74) is 1.96. The van der Waals surface area contributed by atoms with Crippen LogP contribution in [0.4, 0.5) is 0 Å². The lowest BCUT2D eigenvalue weighted by atomic mass is 10.0. The minimum Gasteiger partial charge on any atom is -0.348 e. The molecule has 2 heterocycles. The van der Waals surface area contributed by atoms with Crippen LogP contribution in [-0.4, -0.2) is 42.1 Å². The van der Waals surface area contributed by atoms with E-state index in [1.165, 1.54) is 0 Å². The molecule has 7 heteroatoms. The summed E-state index contributed by atoms with van der Waals surface area (Å²) in [7, 11) is -3.03. The van der Waals surface area contributed by atoms with Crippen LogP contribution < -0.4 is 5.32 Å². The number of nitrogens with zero attached hydrogens (tertiary/aromatic N) is 1. The second-order valence-corrected chi connectivity index (χ2v) is 8.05. The molecule has 2 atom stereocenters. The number of hydrogen-bond acceptors (Lipinski definition) is 4. The van der Waals surface area contributed by atoms with E-state index in [1.807, 2.05) is 20.8 Å². The molecule has 112 valence electrons. The third kappa shape index (κ3) is 2.87. The number of amides is 1. The Hall–Kier alpha value is -1.37. The van der Waals surface area contributed by atoms with Gasteiger partial charge in [0.1, 0.15) is 0 Å². The molecule has 1 aliphatic rings. The van der Waals surface area contributed by atoms with Crippen molar-refractivity contribution in [3.63, 3.8) is 0 Å². The summed E-state index contributed by atoms with van der Waals surface area (Å²) in [6.45, 7) is 7.58. The lowest BCUT2D eigenvalue weighted by Gasteiger charge is -2.16. The van der Waals surface area contributed by atoms with Crippen LogP contribution in [0.5, 0.6) is 0 Å². The van der Waals surface area contributed by atoms with E-state index in [0.717, 1.165) is 0 Å². The summed E-state index contributed by atoms with van der Waals surface area (Å²) in [6.07, 6.45) is 0. The average Bonchev–Trinajstić information content (AvgIpc) is 2.79. The predicted octanol–water partition coefficient (Wildman–Crippen LogP) is 1.00. The van der Waals surface area contributed by atoms with E-state index in [2.05, 4.69) is 15.5 Å². The highest BCUT2D eigenvalue weighted by Gasteiger charge is 2.36. The fourth-order valence-corrected chi connectivity index (χ4v) is 4.73. The highest BCUT2D eigenvalue weighted by molar-refractivity contribution is 7.91. The minimum absolute atomic E-state index is 0.0216. The van der Waals surface area contributed by atoms with Crippen molar-refractivity contribution in [1.82, 2.24) is 15.5 Å². The quantitative estimate of drug-likeness (QED) is 0.871. The molecule has 0 unspecified atom stereocenters. The van der Waals surface area contributed by atoms with Crippen molar-refractivity contribution in [2.24, 2.45) is 5.92 Å². The Bertz CT molecular complexity index is 619. The summed E-state index contributed by atoms with van der Waals surface area (Å²) in [5, 5.41) is 9.82. The van der Waals surface area contributed by atoms with E-state index in [0.29, 0.717) is 17.0 Å². The number of sulfone groups is 1. The van der Waals surface area contributed by atoms with Crippen molar-refractivity contribution < 1.29 is 13.2 Å². The second kappa shape index (κ2) is 5.20. The lowest BCUT2D eigenvalue weighted by Crippen LogP contribution is -2.39. The van der Waals surface area contributed by atoms with Crippen molar-refractivity contribution in [3.05, 3.63) is 17.0 Å². The summed E-state index contributed by atoms with van der Waals surface area (Å²) < 4.78 is 23.2. The van der Waals surface area contributed by atoms with Gasteiger partial charge in [0.05, 0.1) is 22.8 Å². The molecule has 1 amide bonds. The highest BCUT2D eigenvalue weighted by atomic mass is 32.2. The number of rotatable bonds is 3. The first-order valence-corrected chi connectivity index (χ1v) is 8.59. The number of hydrogen-bond donors (Lipinski definition) is 2. The molecular weight excluding hydrogens is 278 g/mol. The zero-order valence-corrected chi connectivity index (χ0v) is 13.0. The molecule has 0 aliphatic carbocycles. The van der Waals surface area contributed by atoms with Gasteiger partial charge in [0.25, 0.3) is 5.91 Å². The van der Waals surface area contributed by atoms with Crippen LogP contribution in [0.1, 0.15) is 48.4 Å². The number of aryl methyl sites for hydroxylation is 1. The third-order valence-corrected chi connectivity index (χ3v) is 5.60. The Balaban J connectivity index is 2.19. The number of nitrogens with one attached hydrogen (secondary N) is 2. The van der Waals surface area contributed by atoms with Crippen molar-refractivity contribution in [2.45, 2.75) is 39.7 Å². The first-order valence-electron chi connectivity index (χ1n) is 6.77. The predicted molar refractivity (Wildman–Crippen MR) is 76.5 cm³/mol. The minimum atomic E-state index is -3.03. The zero-order valence-electron chi connectivity index (χ0n) is 12.2. The van der Waals surface area contributed by atoms with Gasteiger partial charge in [-0.1, -0.05) is 20.8 Å². The van der Waals surface area contributed by atoms with Crippen LogP contribution in [0, 0.1) is 12.8 Å². The Morgan fingerprint density at radius 3 is 2.55 bits per heavy atom. The monoisotopic (exact) mass is 299 g/mol. The number of carbonyl (C=O) groups excluding carboxylic acids is 1. The lowest BCUT2D eigenvalue weighted by molar-refractivity contribution is 0.0931. The van der Waals surface area contributed by atoms with Crippen molar-refractivity contribution in [1.29, 1.82) is 0 Å². The molecular formula is C13H21N3O3S. The molecule has 0 saturated carbocycles. The van der Waals surface area contributed by atoms with Gasteiger partial charge in [-0.2, -0.15) is 5.10 Å². The van der Waals surface area contributed by atoms with E-state index in [1.54, 1.807) is 6.92 Å². The topological polar surface area (TPSA) is 91.9 Å². The van der Waals surface area contributed by atoms with Crippen molar-refractivity contribution in [2.75, 3.05) is 11.5 Å². The highest BCUT2D eigenvalue weighted by Crippen LogP contribution is 2.22. The van der Waals surface area contributed by atoms with E-state index >= 15 is 0 Å².